The van der Waals surface area contributed by atoms with E-state index in [1.54, 1.807) is 12.1 Å². The molecule has 0 fully saturated rings. The first-order chi connectivity index (χ1) is 8.20. The second-order valence-corrected chi connectivity index (χ2v) is 3.37. The molecule has 2 nitrogen and oxygen atoms in total. The van der Waals surface area contributed by atoms with Gasteiger partial charge in [-0.15, -0.1) is 0 Å². The van der Waals surface area contributed by atoms with Crippen molar-refractivity contribution >= 4 is 11.4 Å². The molecule has 2 rings (SSSR count). The van der Waals surface area contributed by atoms with Crippen LogP contribution in [0.3, 0.4) is 0 Å². The van der Waals surface area contributed by atoms with Gasteiger partial charge in [0, 0.05) is 11.8 Å². The van der Waals surface area contributed by atoms with Crippen LogP contribution in [0.5, 0.6) is 5.75 Å². The summed E-state index contributed by atoms with van der Waals surface area (Å²) in [4.78, 5) is 0. The van der Waals surface area contributed by atoms with Gasteiger partial charge in [-0.2, -0.15) is 0 Å². The number of rotatable bonds is 3. The number of nitrogens with one attached hydrogen (secondary N) is 1. The molecule has 0 amide bonds. The van der Waals surface area contributed by atoms with Crippen molar-refractivity contribution < 1.29 is 13.5 Å². The molecule has 4 heteroatoms. The van der Waals surface area contributed by atoms with Crippen LogP contribution in [0.25, 0.3) is 0 Å². The zero-order valence-electron chi connectivity index (χ0n) is 9.13. The molecule has 1 radical (unpaired) electrons. The second-order valence-electron chi connectivity index (χ2n) is 3.37. The van der Waals surface area contributed by atoms with Crippen LogP contribution in [0.1, 0.15) is 0 Å². The highest BCUT2D eigenvalue weighted by Gasteiger charge is 2.08. The van der Waals surface area contributed by atoms with E-state index in [0.29, 0.717) is 11.4 Å². The summed E-state index contributed by atoms with van der Waals surface area (Å²) in [7, 11) is 1.37. The van der Waals surface area contributed by atoms with Gasteiger partial charge in [0.15, 0.2) is 11.6 Å². The van der Waals surface area contributed by atoms with Gasteiger partial charge >= 0.3 is 0 Å². The minimum absolute atomic E-state index is 0.0881. The summed E-state index contributed by atoms with van der Waals surface area (Å²) in [5.41, 5.74) is 0.836. The highest BCUT2D eigenvalue weighted by Crippen LogP contribution is 2.29. The van der Waals surface area contributed by atoms with Gasteiger partial charge in [0.1, 0.15) is 5.82 Å². The topological polar surface area (TPSA) is 21.3 Å². The minimum atomic E-state index is -0.478. The van der Waals surface area contributed by atoms with Gasteiger partial charge < -0.3 is 10.1 Å². The smallest absolute Gasteiger partial charge is 0.177 e. The van der Waals surface area contributed by atoms with Gasteiger partial charge in [0.25, 0.3) is 0 Å². The van der Waals surface area contributed by atoms with Crippen molar-refractivity contribution in [1.29, 1.82) is 0 Å². The molecule has 0 aliphatic carbocycles. The van der Waals surface area contributed by atoms with Gasteiger partial charge in [0.2, 0.25) is 0 Å². The lowest BCUT2D eigenvalue weighted by atomic mass is 10.2. The Bertz CT molecular complexity index is 529. The molecule has 0 unspecified atom stereocenters. The van der Waals surface area contributed by atoms with E-state index in [-0.39, 0.29) is 11.6 Å². The number of ether oxygens (including phenoxy) is 1. The summed E-state index contributed by atoms with van der Waals surface area (Å²) >= 11 is 0. The minimum Gasteiger partial charge on any atom is -0.492 e. The molecule has 0 spiro atoms. The molecule has 87 valence electrons. The van der Waals surface area contributed by atoms with Crippen molar-refractivity contribution in [2.45, 2.75) is 0 Å². The van der Waals surface area contributed by atoms with Crippen LogP contribution in [-0.2, 0) is 0 Å². The summed E-state index contributed by atoms with van der Waals surface area (Å²) in [6.07, 6.45) is 0. The third-order valence-corrected chi connectivity index (χ3v) is 2.20. The second kappa shape index (κ2) is 4.82. The Morgan fingerprint density at radius 3 is 2.76 bits per heavy atom. The number of anilines is 2. The molecule has 0 aliphatic heterocycles. The maximum Gasteiger partial charge on any atom is 0.177 e. The van der Waals surface area contributed by atoms with Crippen molar-refractivity contribution in [2.75, 3.05) is 12.4 Å². The first kappa shape index (κ1) is 11.4. The first-order valence-electron chi connectivity index (χ1n) is 4.97. The maximum absolute atomic E-state index is 13.4. The molecule has 0 saturated heterocycles. The third kappa shape index (κ3) is 2.53. The fourth-order valence-corrected chi connectivity index (χ4v) is 1.47. The van der Waals surface area contributed by atoms with E-state index in [2.05, 4.69) is 11.4 Å². The van der Waals surface area contributed by atoms with Crippen molar-refractivity contribution in [1.82, 2.24) is 0 Å². The van der Waals surface area contributed by atoms with Crippen molar-refractivity contribution in [3.8, 4) is 5.75 Å². The lowest BCUT2D eigenvalue weighted by Gasteiger charge is -2.11. The van der Waals surface area contributed by atoms with Gasteiger partial charge in [-0.05, 0) is 30.3 Å². The summed E-state index contributed by atoms with van der Waals surface area (Å²) in [6.45, 7) is 0. The average Bonchev–Trinajstić information content (AvgIpc) is 2.29. The molecule has 0 bridgehead atoms. The van der Waals surface area contributed by atoms with E-state index in [4.69, 9.17) is 4.74 Å². The first-order valence-corrected chi connectivity index (χ1v) is 4.97. The van der Waals surface area contributed by atoms with E-state index >= 15 is 0 Å². The molecule has 0 atom stereocenters. The summed E-state index contributed by atoms with van der Waals surface area (Å²) < 4.78 is 31.3. The number of benzene rings is 2. The quantitative estimate of drug-likeness (QED) is 0.877. The Morgan fingerprint density at radius 1 is 1.24 bits per heavy atom. The summed E-state index contributed by atoms with van der Waals surface area (Å²) in [5, 5.41) is 2.84. The predicted octanol–water partition coefficient (Wildman–Crippen LogP) is 3.52. The Morgan fingerprint density at radius 2 is 2.06 bits per heavy atom. The maximum atomic E-state index is 13.4. The molecule has 2 aromatic carbocycles. The van der Waals surface area contributed by atoms with E-state index in [1.165, 1.54) is 31.4 Å². The Labute approximate surface area is 97.8 Å². The van der Waals surface area contributed by atoms with Crippen LogP contribution >= 0.6 is 0 Å². The third-order valence-electron chi connectivity index (χ3n) is 2.20. The van der Waals surface area contributed by atoms with Gasteiger partial charge in [-0.3, -0.25) is 0 Å². The Kier molecular flexibility index (Phi) is 3.23. The lowest BCUT2D eigenvalue weighted by molar-refractivity contribution is 0.388. The van der Waals surface area contributed by atoms with Gasteiger partial charge in [-0.1, -0.05) is 6.07 Å². The zero-order chi connectivity index (χ0) is 12.3. The monoisotopic (exact) mass is 234 g/mol. The predicted molar refractivity (Wildman–Crippen MR) is 61.5 cm³/mol. The Balaban J connectivity index is 2.33. The van der Waals surface area contributed by atoms with Crippen LogP contribution < -0.4 is 10.1 Å². The number of methoxy groups -OCH3 is 1. The van der Waals surface area contributed by atoms with Crippen LogP contribution in [0, 0.1) is 17.7 Å². The number of halogens is 2. The fourth-order valence-electron chi connectivity index (χ4n) is 1.47. The standard InChI is InChI=1S/C13H10F2NO/c1-17-13-11(15)6-3-7-12(13)16-10-5-2-4-9(14)8-10/h2-4,6-8,16H,1H3. The highest BCUT2D eigenvalue weighted by molar-refractivity contribution is 5.66. The molecule has 0 saturated carbocycles. The average molecular weight is 234 g/mol. The molecule has 0 aromatic heterocycles. The molecular formula is C13H10F2NO. The van der Waals surface area contributed by atoms with Crippen molar-refractivity contribution in [2.24, 2.45) is 0 Å². The molecule has 1 N–H and O–H groups in total. The lowest BCUT2D eigenvalue weighted by Crippen LogP contribution is -1.97. The number of hydrogen-bond donors (Lipinski definition) is 1. The Hall–Kier alpha value is -2.10. The SMILES string of the molecule is COc1c(F)cccc1Nc1[c]ccc(F)c1. The largest absolute Gasteiger partial charge is 0.492 e. The van der Waals surface area contributed by atoms with E-state index in [1.807, 2.05) is 0 Å². The highest BCUT2D eigenvalue weighted by atomic mass is 19.1. The normalized spacial score (nSPS) is 10.1. The molecule has 17 heavy (non-hydrogen) atoms. The summed E-state index contributed by atoms with van der Waals surface area (Å²) in [5.74, 6) is -0.777. The fraction of sp³-hybridized carbons (Fsp3) is 0.0769. The molecular weight excluding hydrogens is 224 g/mol. The molecule has 0 aliphatic rings. The van der Waals surface area contributed by atoms with E-state index in [9.17, 15) is 8.78 Å². The van der Waals surface area contributed by atoms with Gasteiger partial charge in [-0.25, -0.2) is 8.78 Å². The zero-order valence-corrected chi connectivity index (χ0v) is 9.13. The van der Waals surface area contributed by atoms with Gasteiger partial charge in [0.05, 0.1) is 12.8 Å². The van der Waals surface area contributed by atoms with Crippen LogP contribution in [0.2, 0.25) is 0 Å². The summed E-state index contributed by atoms with van der Waals surface area (Å²) in [6, 6.07) is 11.3. The van der Waals surface area contributed by atoms with Crippen molar-refractivity contribution in [3.05, 3.63) is 54.1 Å². The molecule has 2 aromatic rings. The molecule has 0 heterocycles. The number of para-hydroxylation sites is 1. The van der Waals surface area contributed by atoms with Crippen LogP contribution in [0.15, 0.2) is 36.4 Å². The van der Waals surface area contributed by atoms with E-state index < -0.39 is 5.82 Å². The van der Waals surface area contributed by atoms with E-state index in [0.717, 1.165) is 0 Å². The van der Waals surface area contributed by atoms with Crippen molar-refractivity contribution in [3.63, 3.8) is 0 Å². The van der Waals surface area contributed by atoms with Crippen LogP contribution in [0.4, 0.5) is 20.2 Å². The number of hydrogen-bond acceptors (Lipinski definition) is 2. The van der Waals surface area contributed by atoms with Crippen LogP contribution in [-0.4, -0.2) is 7.11 Å².